The number of imidazole rings is 1. The van der Waals surface area contributed by atoms with Crippen LogP contribution in [-0.2, 0) is 26.5 Å². The maximum atomic E-state index is 11.0. The minimum atomic E-state index is -6.41. The summed E-state index contributed by atoms with van der Waals surface area (Å²) in [7, 11) is -6.41. The molecule has 0 saturated heterocycles. The standard InChI is InChI=1S/C83H62N4OSi.Pt/c1-58-50-81(84-56-76(58)60-28-12-6-13-29-60)87-77-45-21-20-42-74(77)75-48-47-67(55-79(75)87)88-66-34-24-33-65(54-66)85-57-86(78-49-46-61(53-80(78)85)59-26-10-5-11-27-59)82-72(62-30-22-32-64(51-62)83(2,3)4)43-25-44-73(82)63-31-23-41-71(52-63)89(68-35-14-7-15-36-68,69-37-16-8-17-38-69)70-39-18-9-19-40-70;/h5-53,56H,1-4H3;/q-2;/i1D3,5D,6D,7D,8D,9D,10D,11D,12D,13D,14D,15D,16D,17D,18D,19D,23D,26D,27D,28D,29D,31D,35D,36D,37D,38D,39D,40D,41D,52D;. The van der Waals surface area contributed by atoms with Crippen molar-refractivity contribution >= 4 is 61.7 Å². The van der Waals surface area contributed by atoms with Crippen LogP contribution in [0.4, 0.5) is 0 Å². The molecule has 0 N–H and O–H groups in total. The van der Waals surface area contributed by atoms with Crippen molar-refractivity contribution in [1.82, 2.24) is 14.1 Å². The van der Waals surface area contributed by atoms with E-state index in [1.165, 1.54) is 45.5 Å². The van der Waals surface area contributed by atoms with Gasteiger partial charge in [-0.1, -0.05) is 274 Å². The first kappa shape index (κ1) is 31.8. The summed E-state index contributed by atoms with van der Waals surface area (Å²) < 4.78 is 307. The summed E-state index contributed by atoms with van der Waals surface area (Å²) in [5, 5.41) is -2.92. The molecule has 0 unspecified atom stereocenters. The fourth-order valence-electron chi connectivity index (χ4n) is 11.2. The van der Waals surface area contributed by atoms with Crippen LogP contribution < -0.4 is 30.1 Å². The molecule has 0 radical (unpaired) electrons. The van der Waals surface area contributed by atoms with E-state index in [0.717, 1.165) is 11.8 Å². The van der Waals surface area contributed by atoms with Crippen molar-refractivity contribution in [3.05, 3.63) is 332 Å². The summed E-state index contributed by atoms with van der Waals surface area (Å²) in [4.78, 5) is 4.69. The topological polar surface area (TPSA) is 35.9 Å². The first-order valence-corrected chi connectivity index (χ1v) is 29.8. The van der Waals surface area contributed by atoms with Gasteiger partial charge >= 0.3 is 0 Å². The van der Waals surface area contributed by atoms with Crippen molar-refractivity contribution in [2.24, 2.45) is 0 Å². The Morgan fingerprint density at radius 2 is 1.11 bits per heavy atom. The monoisotopic (exact) mass is 1390 g/mol. The molecule has 15 rings (SSSR count). The Kier molecular flexibility index (Phi) is 8.49. The summed E-state index contributed by atoms with van der Waals surface area (Å²) in [6, 6.07) is 11.4. The van der Waals surface area contributed by atoms with Crippen LogP contribution in [0.5, 0.6) is 11.5 Å². The Labute approximate surface area is 586 Å². The van der Waals surface area contributed by atoms with E-state index in [1.54, 1.807) is 71.3 Å². The van der Waals surface area contributed by atoms with Gasteiger partial charge in [-0.15, -0.1) is 29.7 Å². The quantitative estimate of drug-likeness (QED) is 0.0499. The van der Waals surface area contributed by atoms with Gasteiger partial charge in [-0.3, -0.25) is 4.57 Å². The van der Waals surface area contributed by atoms with Gasteiger partial charge in [0.1, 0.15) is 5.82 Å². The van der Waals surface area contributed by atoms with Crippen molar-refractivity contribution in [3.8, 4) is 73.2 Å². The smallest absolute Gasteiger partial charge is 0.268 e. The Morgan fingerprint density at radius 1 is 0.500 bits per heavy atom. The van der Waals surface area contributed by atoms with Gasteiger partial charge in [0.2, 0.25) is 0 Å². The van der Waals surface area contributed by atoms with Crippen LogP contribution in [0.2, 0.25) is 0 Å². The second-order valence-electron chi connectivity index (χ2n) is 21.5. The van der Waals surface area contributed by atoms with Gasteiger partial charge in [0.15, 0.2) is 8.07 Å². The fourth-order valence-corrected chi connectivity index (χ4v) is 14.7. The average Bonchev–Trinajstić information content (AvgIpc) is 0.791. The molecule has 5 nitrogen and oxygen atoms in total. The zero-order valence-corrected chi connectivity index (χ0v) is 50.9. The molecule has 436 valence electrons. The summed E-state index contributed by atoms with van der Waals surface area (Å²) in [5.74, 6) is 0.0813. The molecule has 0 fully saturated rings. The number of hydrogen-bond acceptors (Lipinski definition) is 2. The van der Waals surface area contributed by atoms with Gasteiger partial charge in [-0.2, -0.15) is 18.2 Å². The number of benzene rings is 12. The van der Waals surface area contributed by atoms with Crippen LogP contribution in [-0.4, -0.2) is 22.2 Å². The predicted octanol–water partition coefficient (Wildman–Crippen LogP) is 17.2. The minimum absolute atomic E-state index is 0. The molecule has 0 aliphatic heterocycles. The number of nitrogens with zero attached hydrogens (tertiary/aromatic N) is 4. The molecule has 15 aromatic rings. The van der Waals surface area contributed by atoms with Crippen molar-refractivity contribution < 1.29 is 74.2 Å². The molecule has 0 aliphatic carbocycles. The first-order valence-electron chi connectivity index (χ1n) is 43.8. The number of hydrogen-bond donors (Lipinski definition) is 0. The average molecular weight is 1390 g/mol. The van der Waals surface area contributed by atoms with Gasteiger partial charge in [0.25, 0.3) is 6.33 Å². The number of aromatic nitrogens is 4. The third-order valence-electron chi connectivity index (χ3n) is 15.3. The molecule has 0 spiro atoms. The van der Waals surface area contributed by atoms with Crippen LogP contribution in [0, 0.1) is 25.3 Å². The molecule has 0 bridgehead atoms. The van der Waals surface area contributed by atoms with Gasteiger partial charge in [-0.05, 0) is 112 Å². The van der Waals surface area contributed by atoms with E-state index in [9.17, 15) is 24.7 Å². The number of ether oxygens (including phenoxy) is 1. The zero-order chi connectivity index (χ0) is 87.8. The van der Waals surface area contributed by atoms with Crippen molar-refractivity contribution in [2.75, 3.05) is 0 Å². The third kappa shape index (κ3) is 10.4. The van der Waals surface area contributed by atoms with E-state index in [-0.39, 0.29) is 99.7 Å². The van der Waals surface area contributed by atoms with E-state index >= 15 is 0 Å². The molecule has 7 heteroatoms. The molecule has 0 atom stereocenters. The minimum Gasteiger partial charge on any atom is -0.510 e. The molecule has 12 aromatic carbocycles. The Balaban J connectivity index is 0.0000121. The third-order valence-corrected chi connectivity index (χ3v) is 19.3. The summed E-state index contributed by atoms with van der Waals surface area (Å²) >= 11 is 0. The second-order valence-corrected chi connectivity index (χ2v) is 25.0. The van der Waals surface area contributed by atoms with Gasteiger partial charge < -0.3 is 13.9 Å². The molecule has 3 aromatic heterocycles. The maximum absolute atomic E-state index is 11.0. The van der Waals surface area contributed by atoms with Crippen molar-refractivity contribution in [2.45, 2.75) is 33.0 Å². The summed E-state index contributed by atoms with van der Waals surface area (Å²) in [6.07, 6.45) is 4.57. The second kappa shape index (κ2) is 24.0. The molecule has 0 aliphatic rings. The maximum Gasteiger partial charge on any atom is 0.268 e. The molecule has 0 saturated carbocycles. The predicted molar refractivity (Wildman–Crippen MR) is 369 cm³/mol. The normalized spacial score (nSPS) is 16.8. The molecule has 90 heavy (non-hydrogen) atoms. The van der Waals surface area contributed by atoms with Crippen LogP contribution in [0.25, 0.3) is 94.5 Å². The molecular formula is C83H62N4OPtSi-2. The number of para-hydroxylation sites is 2. The van der Waals surface area contributed by atoms with Crippen LogP contribution >= 0.6 is 0 Å². The summed E-state index contributed by atoms with van der Waals surface area (Å²) in [5.41, 5.74) is 0.0609. The first-order chi connectivity index (χ1) is 56.9. The van der Waals surface area contributed by atoms with Crippen LogP contribution in [0.3, 0.4) is 0 Å². The molecular weight excluding hydrogens is 1290 g/mol. The number of pyridine rings is 1. The van der Waals surface area contributed by atoms with Gasteiger partial charge in [-0.25, -0.2) is 4.98 Å². The zero-order valence-electron chi connectivity index (χ0n) is 79.6. The van der Waals surface area contributed by atoms with E-state index in [4.69, 9.17) is 23.9 Å². The summed E-state index contributed by atoms with van der Waals surface area (Å²) in [6.45, 7) is 2.95. The van der Waals surface area contributed by atoms with Gasteiger partial charge in [0.05, 0.1) is 56.5 Å². The number of aryl methyl sites for hydroxylation is 1. The van der Waals surface area contributed by atoms with E-state index in [1.807, 2.05) is 39.0 Å². The van der Waals surface area contributed by atoms with E-state index in [2.05, 4.69) is 23.4 Å². The Morgan fingerprint density at radius 3 is 1.80 bits per heavy atom. The van der Waals surface area contributed by atoms with Crippen molar-refractivity contribution in [3.63, 3.8) is 0 Å². The van der Waals surface area contributed by atoms with E-state index < -0.39 is 222 Å². The Hall–Kier alpha value is -10.2. The van der Waals surface area contributed by atoms with Crippen LogP contribution in [0.1, 0.15) is 75.8 Å². The van der Waals surface area contributed by atoms with Crippen molar-refractivity contribution in [1.29, 1.82) is 0 Å². The largest absolute Gasteiger partial charge is 0.510 e. The number of fused-ring (bicyclic) bond motifs is 4. The van der Waals surface area contributed by atoms with Gasteiger partial charge in [0, 0.05) is 54.0 Å². The van der Waals surface area contributed by atoms with E-state index in [0.29, 0.717) is 27.4 Å². The van der Waals surface area contributed by atoms with Crippen LogP contribution in [0.15, 0.2) is 303 Å². The fraction of sp³-hybridized carbons (Fsp3) is 0.0602. The SMILES string of the molecule is [2H]c1c([2H])c([2H])c(-c2ccc3c(c2)n(-c2[c-]c(Oc4[c-]c5c(cc4)c4ccccc4n5-c4cc(C([2H])([2H])[2H])c(-c5c([2H])c([2H])c([2H])c([2H])c5[2H])cn4)ccc2)[c-][n+]3-c2c(-c3cccc(C(C)(C)C)c3)cccc2-c2c([2H])c([2H])c([2H])c([Si](c3c([2H])c([2H])c([2H])c([2H])c3[2H])(c3c([2H])c([2H])c([2H])c([2H])c3[2H])c3c([2H])c([2H])c([2H])c([2H])c3[2H])c2[2H])c([2H])c1[2H].[Pt]. The molecule has 3 heterocycles. The Bertz CT molecular complexity index is 6750. The number of rotatable bonds is 13. The molecule has 0 amide bonds.